The molecule has 2 heterocycles. The number of likely N-dealkylation sites (N-methyl/N-ethyl adjacent to an activating group) is 1. The summed E-state index contributed by atoms with van der Waals surface area (Å²) in [6, 6.07) is 5.19. The Kier molecular flexibility index (Phi) is 4.49. The second-order valence-corrected chi connectivity index (χ2v) is 5.34. The lowest BCUT2D eigenvalue weighted by Crippen LogP contribution is -2.19. The highest BCUT2D eigenvalue weighted by Gasteiger charge is 2.22. The van der Waals surface area contributed by atoms with Gasteiger partial charge in [-0.3, -0.25) is 9.52 Å². The van der Waals surface area contributed by atoms with Crippen molar-refractivity contribution < 1.29 is 13.2 Å². The molecule has 2 bridgehead atoms. The first-order valence-corrected chi connectivity index (χ1v) is 6.92. The molecule has 2 aliphatic heterocycles. The van der Waals surface area contributed by atoms with Crippen LogP contribution in [0.15, 0.2) is 35.7 Å². The van der Waals surface area contributed by atoms with Crippen molar-refractivity contribution in [2.75, 3.05) is 11.3 Å². The van der Waals surface area contributed by atoms with Gasteiger partial charge in [-0.05, 0) is 43.7 Å². The molecule has 1 aromatic rings. The fraction of sp³-hybridized carbons (Fsp3) is 0.250. The van der Waals surface area contributed by atoms with Gasteiger partial charge in [-0.15, -0.1) is 0 Å². The summed E-state index contributed by atoms with van der Waals surface area (Å²) >= 11 is 0. The van der Waals surface area contributed by atoms with E-state index in [1.54, 1.807) is 19.1 Å². The van der Waals surface area contributed by atoms with Crippen LogP contribution < -0.4 is 10.0 Å². The van der Waals surface area contributed by atoms with Crippen molar-refractivity contribution in [2.45, 2.75) is 18.7 Å². The largest absolute Gasteiger partial charge is 0.353 e. The summed E-state index contributed by atoms with van der Waals surface area (Å²) in [4.78, 5) is 10.6. The number of hydrogen-bond acceptors (Lipinski definition) is 3. The Morgan fingerprint density at radius 1 is 1.50 bits per heavy atom. The number of anilines is 1. The van der Waals surface area contributed by atoms with Crippen molar-refractivity contribution in [3.05, 3.63) is 36.4 Å². The number of hydrogen-bond donors (Lipinski definition) is 2. The van der Waals surface area contributed by atoms with Crippen LogP contribution in [0, 0.1) is 6.92 Å². The molecule has 6 heteroatoms. The highest BCUT2D eigenvalue weighted by Crippen LogP contribution is 2.27. The van der Waals surface area contributed by atoms with Crippen LogP contribution in [0.4, 0.5) is 5.69 Å². The van der Waals surface area contributed by atoms with Crippen molar-refractivity contribution in [3.8, 4) is 0 Å². The van der Waals surface area contributed by atoms with E-state index in [1.807, 2.05) is 13.0 Å². The number of nitrogens with one attached hydrogen (secondary N) is 2. The van der Waals surface area contributed by atoms with Crippen LogP contribution in [0.5, 0.6) is 0 Å². The molecular formula is C12H16N2O3S. The van der Waals surface area contributed by atoms with Gasteiger partial charge in [0.05, 0.1) is 4.90 Å². The monoisotopic (exact) mass is 268 g/mol. The summed E-state index contributed by atoms with van der Waals surface area (Å²) in [6.45, 7) is 7.59. The van der Waals surface area contributed by atoms with E-state index < -0.39 is 10.0 Å². The first-order valence-electron chi connectivity index (χ1n) is 5.44. The molecule has 2 aliphatic rings. The molecule has 0 saturated carbocycles. The van der Waals surface area contributed by atoms with Gasteiger partial charge in [-0.1, -0.05) is 6.58 Å². The Hall–Kier alpha value is -1.82. The molecule has 0 saturated heterocycles. The van der Waals surface area contributed by atoms with E-state index in [-0.39, 0.29) is 5.91 Å². The predicted octanol–water partition coefficient (Wildman–Crippen LogP) is 1.42. The minimum absolute atomic E-state index is 0.109. The number of rotatable bonds is 2. The molecule has 3 rings (SSSR count). The fourth-order valence-corrected chi connectivity index (χ4v) is 2.75. The van der Waals surface area contributed by atoms with Crippen LogP contribution in [-0.2, 0) is 14.8 Å². The van der Waals surface area contributed by atoms with Gasteiger partial charge in [0.1, 0.15) is 0 Å². The van der Waals surface area contributed by atoms with Crippen LogP contribution in [0.1, 0.15) is 12.5 Å². The number of aryl methyl sites for hydroxylation is 1. The minimum atomic E-state index is -3.20. The Balaban J connectivity index is 0.000000203. The molecule has 0 spiro atoms. The van der Waals surface area contributed by atoms with E-state index in [9.17, 15) is 13.2 Å². The lowest BCUT2D eigenvalue weighted by atomic mass is 10.2. The molecule has 0 fully saturated rings. The van der Waals surface area contributed by atoms with Gasteiger partial charge in [-0.25, -0.2) is 8.42 Å². The van der Waals surface area contributed by atoms with Gasteiger partial charge in [0.2, 0.25) is 5.91 Å². The van der Waals surface area contributed by atoms with E-state index in [1.165, 1.54) is 6.08 Å². The Labute approximate surface area is 107 Å². The van der Waals surface area contributed by atoms with Crippen LogP contribution >= 0.6 is 0 Å². The third kappa shape index (κ3) is 3.33. The van der Waals surface area contributed by atoms with E-state index >= 15 is 0 Å². The van der Waals surface area contributed by atoms with E-state index in [4.69, 9.17) is 0 Å². The first-order chi connectivity index (χ1) is 8.40. The topological polar surface area (TPSA) is 75.3 Å². The Morgan fingerprint density at radius 3 is 2.44 bits per heavy atom. The zero-order valence-electron chi connectivity index (χ0n) is 10.4. The van der Waals surface area contributed by atoms with Crippen molar-refractivity contribution in [1.29, 1.82) is 0 Å². The maximum atomic E-state index is 11.2. The number of sulfonamides is 1. The van der Waals surface area contributed by atoms with Crippen LogP contribution in [0.3, 0.4) is 0 Å². The van der Waals surface area contributed by atoms with Crippen LogP contribution in [0.25, 0.3) is 0 Å². The highest BCUT2D eigenvalue weighted by atomic mass is 32.2. The molecule has 0 unspecified atom stereocenters. The molecule has 5 nitrogen and oxygen atoms in total. The van der Waals surface area contributed by atoms with Crippen molar-refractivity contribution in [3.63, 3.8) is 0 Å². The van der Waals surface area contributed by atoms with Gasteiger partial charge in [0.15, 0.2) is 0 Å². The van der Waals surface area contributed by atoms with Crippen molar-refractivity contribution in [1.82, 2.24) is 5.32 Å². The van der Waals surface area contributed by atoms with Crippen molar-refractivity contribution in [2.24, 2.45) is 0 Å². The molecular weight excluding hydrogens is 252 g/mol. The van der Waals surface area contributed by atoms with E-state index in [0.29, 0.717) is 17.1 Å². The zero-order valence-corrected chi connectivity index (χ0v) is 11.2. The zero-order chi connectivity index (χ0) is 13.8. The summed E-state index contributed by atoms with van der Waals surface area (Å²) in [5.74, 6) is -0.109. The fourth-order valence-electron chi connectivity index (χ4n) is 1.47. The summed E-state index contributed by atoms with van der Waals surface area (Å²) in [6.07, 6.45) is 1.25. The summed E-state index contributed by atoms with van der Waals surface area (Å²) in [5.41, 5.74) is 1.46. The summed E-state index contributed by atoms with van der Waals surface area (Å²) < 4.78 is 24.8. The third-order valence-corrected chi connectivity index (χ3v) is 3.79. The molecule has 1 amide bonds. The molecule has 0 aliphatic carbocycles. The van der Waals surface area contributed by atoms with Gasteiger partial charge >= 0.3 is 0 Å². The lowest BCUT2D eigenvalue weighted by Gasteiger charge is -2.17. The predicted molar refractivity (Wildman–Crippen MR) is 70.9 cm³/mol. The molecule has 0 atom stereocenters. The molecule has 2 N–H and O–H groups in total. The van der Waals surface area contributed by atoms with E-state index in [2.05, 4.69) is 16.6 Å². The van der Waals surface area contributed by atoms with Crippen LogP contribution in [0.2, 0.25) is 0 Å². The number of fused-ring (bicyclic) bond motifs is 3. The average Bonchev–Trinajstić information content (AvgIpc) is 2.28. The smallest absolute Gasteiger partial charge is 0.262 e. The average molecular weight is 268 g/mol. The number of carbonyl (C=O) groups excluding carboxylic acids is 1. The van der Waals surface area contributed by atoms with Gasteiger partial charge in [0, 0.05) is 12.2 Å². The molecule has 0 aromatic heterocycles. The Bertz CT molecular complexity index is 565. The SMILES string of the molecule is C=CC(=O)NCC.Cc1cc2ccc1S(=O)(=O)N2. The summed E-state index contributed by atoms with van der Waals surface area (Å²) in [5, 5.41) is 2.54. The van der Waals surface area contributed by atoms with Gasteiger partial charge in [0.25, 0.3) is 10.0 Å². The Morgan fingerprint density at radius 2 is 2.17 bits per heavy atom. The first kappa shape index (κ1) is 14.2. The quantitative estimate of drug-likeness (QED) is 0.796. The standard InChI is InChI=1S/C7H7NO2S.C5H9NO/c1-5-4-6-2-3-7(5)11(9,10)8-6;1-3-5(7)6-4-2/h2-4,8H,1H3;3H,1,4H2,2H3,(H,6,7). The molecule has 18 heavy (non-hydrogen) atoms. The molecule has 1 aromatic carbocycles. The minimum Gasteiger partial charge on any atom is -0.353 e. The van der Waals surface area contributed by atoms with Crippen molar-refractivity contribution >= 4 is 21.6 Å². The second-order valence-electron chi connectivity index (χ2n) is 3.68. The second kappa shape index (κ2) is 5.68. The highest BCUT2D eigenvalue weighted by molar-refractivity contribution is 7.93. The summed E-state index contributed by atoms with van der Waals surface area (Å²) in [7, 11) is -3.20. The maximum Gasteiger partial charge on any atom is 0.262 e. The van der Waals surface area contributed by atoms with Gasteiger partial charge in [-0.2, -0.15) is 0 Å². The number of benzene rings is 1. The van der Waals surface area contributed by atoms with E-state index in [0.717, 1.165) is 5.56 Å². The maximum absolute atomic E-state index is 11.2. The van der Waals surface area contributed by atoms with Gasteiger partial charge < -0.3 is 5.32 Å². The third-order valence-electron chi connectivity index (χ3n) is 2.25. The van der Waals surface area contributed by atoms with Crippen LogP contribution in [-0.4, -0.2) is 20.9 Å². The lowest BCUT2D eigenvalue weighted by molar-refractivity contribution is -0.116. The normalized spacial score (nSPS) is 13.9. The number of amides is 1. The number of carbonyl (C=O) groups is 1. The molecule has 0 radical (unpaired) electrons. The molecule has 98 valence electrons.